The highest BCUT2D eigenvalue weighted by molar-refractivity contribution is 8.16. The summed E-state index contributed by atoms with van der Waals surface area (Å²) in [5, 5.41) is 0.349. The van der Waals surface area contributed by atoms with Crippen LogP contribution in [0.15, 0.2) is 30.3 Å². The molecule has 0 spiro atoms. The minimum atomic E-state index is -1.38. The Labute approximate surface area is 161 Å². The van der Waals surface area contributed by atoms with E-state index >= 15 is 0 Å². The standard InChI is InChI=1S/C23H37PS/c1-23(2,19-18-20-12-6-3-7-13-20)24(25,21-14-8-4-9-15-21)22-16-10-5-11-17-22/h3,6-7,12-13,21-22H,4-5,8-11,14-19H2,1-2H3. The van der Waals surface area contributed by atoms with Crippen molar-refractivity contribution in [2.45, 2.75) is 107 Å². The van der Waals surface area contributed by atoms with E-state index in [1.54, 1.807) is 0 Å². The second-order valence-electron chi connectivity index (χ2n) is 9.09. The van der Waals surface area contributed by atoms with Crippen LogP contribution in [-0.2, 0) is 18.2 Å². The van der Waals surface area contributed by atoms with Crippen LogP contribution in [0.1, 0.15) is 90.0 Å². The normalized spacial score (nSPS) is 21.4. The van der Waals surface area contributed by atoms with Gasteiger partial charge in [-0.25, -0.2) is 0 Å². The summed E-state index contributed by atoms with van der Waals surface area (Å²) in [7, 11) is 0. The quantitative estimate of drug-likeness (QED) is 0.462. The predicted molar refractivity (Wildman–Crippen MR) is 117 cm³/mol. The summed E-state index contributed by atoms with van der Waals surface area (Å²) in [4.78, 5) is 0. The van der Waals surface area contributed by atoms with Crippen molar-refractivity contribution in [1.82, 2.24) is 0 Å². The van der Waals surface area contributed by atoms with Gasteiger partial charge in [-0.05, 0) is 66.6 Å². The molecule has 0 aliphatic heterocycles. The van der Waals surface area contributed by atoms with E-state index < -0.39 is 6.04 Å². The zero-order valence-corrected chi connectivity index (χ0v) is 18.1. The van der Waals surface area contributed by atoms with Crippen molar-refractivity contribution < 1.29 is 0 Å². The summed E-state index contributed by atoms with van der Waals surface area (Å²) in [6.45, 7) is 5.11. The molecule has 2 saturated carbocycles. The lowest BCUT2D eigenvalue weighted by molar-refractivity contribution is 0.467. The molecule has 3 rings (SSSR count). The Morgan fingerprint density at radius 3 is 1.80 bits per heavy atom. The van der Waals surface area contributed by atoms with Gasteiger partial charge in [0.2, 0.25) is 0 Å². The lowest BCUT2D eigenvalue weighted by atomic mass is 9.99. The van der Waals surface area contributed by atoms with Gasteiger partial charge in [0.1, 0.15) is 0 Å². The first-order valence-corrected chi connectivity index (χ1v) is 13.6. The van der Waals surface area contributed by atoms with Crippen LogP contribution < -0.4 is 0 Å². The monoisotopic (exact) mass is 376 g/mol. The number of benzene rings is 1. The lowest BCUT2D eigenvalue weighted by Crippen LogP contribution is -2.36. The molecule has 0 aromatic heterocycles. The molecule has 0 nitrogen and oxygen atoms in total. The van der Waals surface area contributed by atoms with Crippen molar-refractivity contribution >= 4 is 17.8 Å². The number of aryl methyl sites for hydroxylation is 1. The van der Waals surface area contributed by atoms with Crippen LogP contribution in [0.4, 0.5) is 0 Å². The first-order valence-electron chi connectivity index (χ1n) is 10.7. The number of hydrogen-bond acceptors (Lipinski definition) is 1. The van der Waals surface area contributed by atoms with Crippen LogP contribution in [0.5, 0.6) is 0 Å². The lowest BCUT2D eigenvalue weighted by Gasteiger charge is -2.51. The Morgan fingerprint density at radius 1 is 0.840 bits per heavy atom. The third kappa shape index (κ3) is 4.41. The van der Waals surface area contributed by atoms with E-state index in [1.165, 1.54) is 82.6 Å². The minimum Gasteiger partial charge on any atom is -0.0964 e. The molecule has 140 valence electrons. The molecular weight excluding hydrogens is 339 g/mol. The van der Waals surface area contributed by atoms with E-state index in [1.807, 2.05) is 0 Å². The largest absolute Gasteiger partial charge is 0.0964 e. The summed E-state index contributed by atoms with van der Waals surface area (Å²) in [6.07, 6.45) is 16.8. The van der Waals surface area contributed by atoms with Crippen LogP contribution in [-0.4, -0.2) is 16.5 Å². The van der Waals surface area contributed by atoms with Crippen molar-refractivity contribution in [2.75, 3.05) is 0 Å². The average molecular weight is 377 g/mol. The topological polar surface area (TPSA) is 0 Å². The molecule has 2 aliphatic rings. The molecule has 0 radical (unpaired) electrons. The highest BCUT2D eigenvalue weighted by Gasteiger charge is 2.46. The third-order valence-corrected chi connectivity index (χ3v) is 15.6. The fourth-order valence-electron chi connectivity index (χ4n) is 5.49. The van der Waals surface area contributed by atoms with E-state index in [-0.39, 0.29) is 0 Å². The van der Waals surface area contributed by atoms with Crippen molar-refractivity contribution in [3.05, 3.63) is 35.9 Å². The molecule has 2 heteroatoms. The highest BCUT2D eigenvalue weighted by atomic mass is 32.4. The van der Waals surface area contributed by atoms with Gasteiger partial charge < -0.3 is 0 Å². The fourth-order valence-corrected chi connectivity index (χ4v) is 12.3. The summed E-state index contributed by atoms with van der Waals surface area (Å²) >= 11 is 6.80. The van der Waals surface area contributed by atoms with Gasteiger partial charge in [0.15, 0.2) is 0 Å². The second-order valence-corrected chi connectivity index (χ2v) is 15.0. The second kappa shape index (κ2) is 8.71. The molecule has 0 amide bonds. The van der Waals surface area contributed by atoms with E-state index in [0.29, 0.717) is 5.16 Å². The van der Waals surface area contributed by atoms with Gasteiger partial charge in [0.25, 0.3) is 0 Å². The zero-order chi connectivity index (χ0) is 17.8. The predicted octanol–water partition coefficient (Wildman–Crippen LogP) is 7.54. The smallest absolute Gasteiger partial charge is 0.00527 e. The Morgan fingerprint density at radius 2 is 1.32 bits per heavy atom. The fraction of sp³-hybridized carbons (Fsp3) is 0.739. The summed E-state index contributed by atoms with van der Waals surface area (Å²) in [5.41, 5.74) is 3.25. The van der Waals surface area contributed by atoms with E-state index in [0.717, 1.165) is 11.3 Å². The molecule has 2 aliphatic carbocycles. The average Bonchev–Trinajstić information content (AvgIpc) is 2.68. The van der Waals surface area contributed by atoms with E-state index in [9.17, 15) is 0 Å². The highest BCUT2D eigenvalue weighted by Crippen LogP contribution is 2.71. The number of rotatable bonds is 6. The van der Waals surface area contributed by atoms with Gasteiger partial charge in [0, 0.05) is 0 Å². The summed E-state index contributed by atoms with van der Waals surface area (Å²) in [5.74, 6) is 0. The van der Waals surface area contributed by atoms with Gasteiger partial charge in [-0.15, -0.1) is 0 Å². The van der Waals surface area contributed by atoms with Crippen LogP contribution >= 0.6 is 6.04 Å². The first kappa shape index (κ1) is 19.6. The van der Waals surface area contributed by atoms with Crippen LogP contribution in [0.25, 0.3) is 0 Å². The minimum absolute atomic E-state index is 0.349. The van der Waals surface area contributed by atoms with Crippen molar-refractivity contribution in [2.24, 2.45) is 0 Å². The van der Waals surface area contributed by atoms with Crippen LogP contribution in [0.2, 0.25) is 0 Å². The Hall–Kier alpha value is -0.130. The van der Waals surface area contributed by atoms with Crippen molar-refractivity contribution in [3.8, 4) is 0 Å². The first-order chi connectivity index (χ1) is 12.0. The molecule has 0 saturated heterocycles. The van der Waals surface area contributed by atoms with Gasteiger partial charge in [0.05, 0.1) is 0 Å². The molecule has 1 aromatic carbocycles. The maximum absolute atomic E-state index is 6.80. The van der Waals surface area contributed by atoms with Gasteiger partial charge in [-0.1, -0.05) is 94.5 Å². The van der Waals surface area contributed by atoms with Gasteiger partial charge in [-0.2, -0.15) is 0 Å². The molecule has 0 N–H and O–H groups in total. The van der Waals surface area contributed by atoms with Crippen molar-refractivity contribution in [3.63, 3.8) is 0 Å². The van der Waals surface area contributed by atoms with Crippen LogP contribution in [0, 0.1) is 0 Å². The summed E-state index contributed by atoms with van der Waals surface area (Å²) < 4.78 is 0. The summed E-state index contributed by atoms with van der Waals surface area (Å²) in [6, 6.07) is 9.70. The third-order valence-electron chi connectivity index (χ3n) is 7.05. The molecular formula is C23H37PS. The maximum atomic E-state index is 6.80. The zero-order valence-electron chi connectivity index (χ0n) is 16.4. The van der Waals surface area contributed by atoms with E-state index in [2.05, 4.69) is 44.2 Å². The Bertz CT molecular complexity index is 543. The SMILES string of the molecule is CC(C)(CCc1ccccc1)P(=S)(C1CCCCC1)C1CCCCC1. The molecule has 25 heavy (non-hydrogen) atoms. The van der Waals surface area contributed by atoms with E-state index in [4.69, 9.17) is 11.8 Å². The molecule has 0 unspecified atom stereocenters. The number of hydrogen-bond donors (Lipinski definition) is 0. The molecule has 0 heterocycles. The van der Waals surface area contributed by atoms with Gasteiger partial charge >= 0.3 is 0 Å². The maximum Gasteiger partial charge on any atom is -0.00527 e. The molecule has 2 fully saturated rings. The van der Waals surface area contributed by atoms with Crippen LogP contribution in [0.3, 0.4) is 0 Å². The van der Waals surface area contributed by atoms with Crippen molar-refractivity contribution in [1.29, 1.82) is 0 Å². The van der Waals surface area contributed by atoms with Gasteiger partial charge in [-0.3, -0.25) is 0 Å². The molecule has 0 atom stereocenters. The Kier molecular flexibility index (Phi) is 6.83. The molecule has 1 aromatic rings. The Balaban J connectivity index is 1.82. The molecule has 0 bridgehead atoms.